The molecular formula is C17H21N3O2. The van der Waals surface area contributed by atoms with Crippen molar-refractivity contribution in [2.45, 2.75) is 18.9 Å². The van der Waals surface area contributed by atoms with Crippen LogP contribution in [0.4, 0.5) is 5.69 Å². The third-order valence-electron chi connectivity index (χ3n) is 4.24. The van der Waals surface area contributed by atoms with Gasteiger partial charge in [-0.1, -0.05) is 12.1 Å². The molecule has 4 N–H and O–H groups in total. The molecule has 0 aromatic heterocycles. The standard InChI is InChI=1S/C17H21N3O2/c1-22-16-9-13-11(8-14(16)17(19)21)4-2-6-15(13)20-7-3-5-12(18)10-20/h2,4,6,8-9,12H,3,5,7,10,18H2,1H3,(H2,19,21)/t12-/m0/s1. The van der Waals surface area contributed by atoms with Gasteiger partial charge in [0.15, 0.2) is 0 Å². The zero-order chi connectivity index (χ0) is 15.7. The van der Waals surface area contributed by atoms with E-state index in [2.05, 4.69) is 11.0 Å². The second-order valence-electron chi connectivity index (χ2n) is 5.76. The average Bonchev–Trinajstić information content (AvgIpc) is 2.52. The van der Waals surface area contributed by atoms with E-state index in [1.165, 1.54) is 0 Å². The van der Waals surface area contributed by atoms with Crippen LogP contribution in [-0.4, -0.2) is 32.1 Å². The molecule has 116 valence electrons. The highest BCUT2D eigenvalue weighted by atomic mass is 16.5. The highest BCUT2D eigenvalue weighted by Crippen LogP contribution is 2.33. The minimum atomic E-state index is -0.482. The van der Waals surface area contributed by atoms with Crippen LogP contribution < -0.4 is 21.1 Å². The summed E-state index contributed by atoms with van der Waals surface area (Å²) < 4.78 is 5.33. The van der Waals surface area contributed by atoms with Gasteiger partial charge in [0.25, 0.3) is 5.91 Å². The zero-order valence-electron chi connectivity index (χ0n) is 12.7. The van der Waals surface area contributed by atoms with E-state index < -0.39 is 5.91 Å². The summed E-state index contributed by atoms with van der Waals surface area (Å²) in [7, 11) is 1.55. The van der Waals surface area contributed by atoms with Crippen molar-refractivity contribution in [1.82, 2.24) is 0 Å². The Balaban J connectivity index is 2.13. The van der Waals surface area contributed by atoms with Gasteiger partial charge in [-0.25, -0.2) is 0 Å². The lowest BCUT2D eigenvalue weighted by molar-refractivity contribution is 0.0997. The molecule has 0 radical (unpaired) electrons. The minimum Gasteiger partial charge on any atom is -0.496 e. The van der Waals surface area contributed by atoms with Crippen LogP contribution in [0.5, 0.6) is 5.75 Å². The van der Waals surface area contributed by atoms with Gasteiger partial charge in [-0.3, -0.25) is 4.79 Å². The van der Waals surface area contributed by atoms with Crippen LogP contribution in [-0.2, 0) is 0 Å². The van der Waals surface area contributed by atoms with Crippen molar-refractivity contribution >= 4 is 22.4 Å². The van der Waals surface area contributed by atoms with Crippen molar-refractivity contribution in [1.29, 1.82) is 0 Å². The molecule has 0 saturated carbocycles. The maximum absolute atomic E-state index is 11.6. The van der Waals surface area contributed by atoms with Crippen LogP contribution in [0.15, 0.2) is 30.3 Å². The summed E-state index contributed by atoms with van der Waals surface area (Å²) in [5.74, 6) is 0.0258. The number of benzene rings is 2. The second-order valence-corrected chi connectivity index (χ2v) is 5.76. The number of anilines is 1. The second kappa shape index (κ2) is 5.85. The highest BCUT2D eigenvalue weighted by Gasteiger charge is 2.20. The van der Waals surface area contributed by atoms with Crippen LogP contribution in [0.3, 0.4) is 0 Å². The molecule has 2 aromatic rings. The Labute approximate surface area is 129 Å². The average molecular weight is 299 g/mol. The lowest BCUT2D eigenvalue weighted by Gasteiger charge is -2.33. The molecule has 2 aromatic carbocycles. The van der Waals surface area contributed by atoms with Crippen LogP contribution in [0.1, 0.15) is 23.2 Å². The van der Waals surface area contributed by atoms with E-state index in [1.807, 2.05) is 18.2 Å². The van der Waals surface area contributed by atoms with Crippen molar-refractivity contribution in [3.05, 3.63) is 35.9 Å². The molecule has 22 heavy (non-hydrogen) atoms. The highest BCUT2D eigenvalue weighted by molar-refractivity contribution is 6.04. The van der Waals surface area contributed by atoms with Crippen LogP contribution in [0, 0.1) is 0 Å². The van der Waals surface area contributed by atoms with Gasteiger partial charge in [-0.2, -0.15) is 0 Å². The smallest absolute Gasteiger partial charge is 0.252 e. The van der Waals surface area contributed by atoms with Gasteiger partial charge in [-0.05, 0) is 36.4 Å². The van der Waals surface area contributed by atoms with Gasteiger partial charge in [0.1, 0.15) is 5.75 Å². The number of hydrogen-bond acceptors (Lipinski definition) is 4. The third kappa shape index (κ3) is 2.60. The molecule has 5 nitrogen and oxygen atoms in total. The number of carbonyl (C=O) groups excluding carboxylic acids is 1. The number of nitrogens with two attached hydrogens (primary N) is 2. The Kier molecular flexibility index (Phi) is 3.90. The fourth-order valence-electron chi connectivity index (χ4n) is 3.15. The van der Waals surface area contributed by atoms with E-state index in [4.69, 9.17) is 16.2 Å². The van der Waals surface area contributed by atoms with Crippen LogP contribution >= 0.6 is 0 Å². The fraction of sp³-hybridized carbons (Fsp3) is 0.353. The Morgan fingerprint density at radius 2 is 2.18 bits per heavy atom. The topological polar surface area (TPSA) is 81.6 Å². The number of primary amides is 1. The molecule has 1 fully saturated rings. The largest absolute Gasteiger partial charge is 0.496 e. The molecule has 1 aliphatic heterocycles. The maximum atomic E-state index is 11.6. The van der Waals surface area contributed by atoms with Gasteiger partial charge in [0, 0.05) is 30.2 Å². The van der Waals surface area contributed by atoms with Crippen molar-refractivity contribution in [3.8, 4) is 5.75 Å². The normalized spacial score (nSPS) is 18.5. The third-order valence-corrected chi connectivity index (χ3v) is 4.24. The summed E-state index contributed by atoms with van der Waals surface area (Å²) >= 11 is 0. The van der Waals surface area contributed by atoms with Gasteiger partial charge < -0.3 is 21.1 Å². The number of carbonyl (C=O) groups is 1. The van der Waals surface area contributed by atoms with E-state index in [0.29, 0.717) is 11.3 Å². The molecule has 1 saturated heterocycles. The van der Waals surface area contributed by atoms with Gasteiger partial charge in [-0.15, -0.1) is 0 Å². The van der Waals surface area contributed by atoms with Crippen molar-refractivity contribution < 1.29 is 9.53 Å². The summed E-state index contributed by atoms with van der Waals surface area (Å²) in [5.41, 5.74) is 13.1. The first-order valence-corrected chi connectivity index (χ1v) is 7.51. The predicted octanol–water partition coefficient (Wildman–Crippen LogP) is 1.87. The van der Waals surface area contributed by atoms with E-state index in [-0.39, 0.29) is 6.04 Å². The Hall–Kier alpha value is -2.27. The predicted molar refractivity (Wildman–Crippen MR) is 88.4 cm³/mol. The summed E-state index contributed by atoms with van der Waals surface area (Å²) in [6.07, 6.45) is 2.16. The summed E-state index contributed by atoms with van der Waals surface area (Å²) in [4.78, 5) is 13.9. The molecule has 0 bridgehead atoms. The molecule has 1 heterocycles. The first kappa shape index (κ1) is 14.7. The molecule has 0 unspecified atom stereocenters. The van der Waals surface area contributed by atoms with Crippen molar-refractivity contribution in [3.63, 3.8) is 0 Å². The van der Waals surface area contributed by atoms with Crippen molar-refractivity contribution in [2.75, 3.05) is 25.1 Å². The van der Waals surface area contributed by atoms with Crippen LogP contribution in [0.2, 0.25) is 0 Å². The SMILES string of the molecule is COc1cc2c(N3CCC[C@H](N)C3)cccc2cc1C(N)=O. The van der Waals surface area contributed by atoms with Gasteiger partial charge in [0.2, 0.25) is 0 Å². The number of amides is 1. The molecule has 1 atom stereocenters. The Morgan fingerprint density at radius 3 is 2.86 bits per heavy atom. The number of nitrogens with zero attached hydrogens (tertiary/aromatic N) is 1. The molecule has 1 aliphatic rings. The summed E-state index contributed by atoms with van der Waals surface area (Å²) in [6.45, 7) is 1.84. The number of rotatable bonds is 3. The Morgan fingerprint density at radius 1 is 1.36 bits per heavy atom. The maximum Gasteiger partial charge on any atom is 0.252 e. The number of hydrogen-bond donors (Lipinski definition) is 2. The van der Waals surface area contributed by atoms with E-state index >= 15 is 0 Å². The minimum absolute atomic E-state index is 0.204. The number of ether oxygens (including phenoxy) is 1. The van der Waals surface area contributed by atoms with E-state index in [9.17, 15) is 4.79 Å². The molecular weight excluding hydrogens is 278 g/mol. The van der Waals surface area contributed by atoms with Crippen LogP contribution in [0.25, 0.3) is 10.8 Å². The lowest BCUT2D eigenvalue weighted by atomic mass is 10.0. The first-order chi connectivity index (χ1) is 10.6. The van der Waals surface area contributed by atoms with E-state index in [1.54, 1.807) is 13.2 Å². The number of fused-ring (bicyclic) bond motifs is 1. The van der Waals surface area contributed by atoms with Gasteiger partial charge >= 0.3 is 0 Å². The molecule has 0 spiro atoms. The molecule has 0 aliphatic carbocycles. The summed E-state index contributed by atoms with van der Waals surface area (Å²) in [5, 5.41) is 2.03. The van der Waals surface area contributed by atoms with E-state index in [0.717, 1.165) is 42.4 Å². The van der Waals surface area contributed by atoms with Crippen molar-refractivity contribution in [2.24, 2.45) is 11.5 Å². The Bertz CT molecular complexity index is 714. The number of methoxy groups -OCH3 is 1. The summed E-state index contributed by atoms with van der Waals surface area (Å²) in [6, 6.07) is 9.96. The quantitative estimate of drug-likeness (QED) is 0.906. The molecule has 5 heteroatoms. The molecule has 1 amide bonds. The first-order valence-electron chi connectivity index (χ1n) is 7.51. The number of piperidine rings is 1. The fourth-order valence-corrected chi connectivity index (χ4v) is 3.15. The monoisotopic (exact) mass is 299 g/mol. The zero-order valence-corrected chi connectivity index (χ0v) is 12.7. The molecule has 3 rings (SSSR count). The van der Waals surface area contributed by atoms with Gasteiger partial charge in [0.05, 0.1) is 12.7 Å². The lowest BCUT2D eigenvalue weighted by Crippen LogP contribution is -2.42.